The second kappa shape index (κ2) is 5.71. The van der Waals surface area contributed by atoms with Crippen LogP contribution in [0.3, 0.4) is 0 Å². The van der Waals surface area contributed by atoms with Gasteiger partial charge < -0.3 is 5.73 Å². The van der Waals surface area contributed by atoms with Crippen molar-refractivity contribution in [2.75, 3.05) is 0 Å². The number of hydrogen-bond acceptors (Lipinski definition) is 1. The highest BCUT2D eigenvalue weighted by Crippen LogP contribution is 2.07. The molecule has 1 rings (SSSR count). The van der Waals surface area contributed by atoms with Crippen LogP contribution in [-0.4, -0.2) is 5.91 Å². The van der Waals surface area contributed by atoms with Crippen molar-refractivity contribution in [3.8, 4) is 0 Å². The third-order valence-corrected chi connectivity index (χ3v) is 1.28. The van der Waals surface area contributed by atoms with Crippen LogP contribution < -0.4 is 5.73 Å². The first-order valence-corrected chi connectivity index (χ1v) is 3.97. The van der Waals surface area contributed by atoms with Crippen LogP contribution in [0.1, 0.15) is 28.1 Å². The van der Waals surface area contributed by atoms with E-state index in [-0.39, 0.29) is 7.33 Å². The van der Waals surface area contributed by atoms with Gasteiger partial charge in [-0.3, -0.25) is 4.79 Å². The molecule has 11 heavy (non-hydrogen) atoms. The van der Waals surface area contributed by atoms with Gasteiger partial charge in [0.25, 0.3) is 0 Å². The highest BCUT2D eigenvalue weighted by atomic mass is 16.1. The zero-order valence-corrected chi connectivity index (χ0v) is 7.13. The second-order valence-electron chi connectivity index (χ2n) is 2.00. The molecule has 2 N–H and O–H groups in total. The fourth-order valence-electron chi connectivity index (χ4n) is 0.796. The summed E-state index contributed by atoms with van der Waals surface area (Å²) in [5, 5.41) is 0. The molecule has 0 heterocycles. The Balaban J connectivity index is 0. The number of carbonyl (C=O) groups excluding carboxylic acids is 1. The molecule has 0 atom stereocenters. The maximum Gasteiger partial charge on any atom is 0.248 e. The standard InChI is InChI=1S/C7H9NO.C2H6.H2/c8-7(9)6-4-2-1-3-5-6;1-2;/h2,4-5H,1,3H2,(H2,8,9);1-2H3;1H. The number of hydrogen-bond donors (Lipinski definition) is 1. The van der Waals surface area contributed by atoms with Crippen LogP contribution in [0.15, 0.2) is 23.8 Å². The lowest BCUT2D eigenvalue weighted by Crippen LogP contribution is -2.13. The normalized spacial score (nSPS) is 14.5. The van der Waals surface area contributed by atoms with Crippen LogP contribution in [0.2, 0.25) is 0 Å². The number of primary amides is 1. The molecule has 0 aromatic rings. The van der Waals surface area contributed by atoms with Crippen molar-refractivity contribution in [3.63, 3.8) is 0 Å². The molecule has 2 nitrogen and oxygen atoms in total. The van der Waals surface area contributed by atoms with Crippen LogP contribution in [0.4, 0.5) is 0 Å². The number of allylic oxidation sites excluding steroid dienone is 2. The van der Waals surface area contributed by atoms with Crippen LogP contribution in [0.25, 0.3) is 0 Å². The Morgan fingerprint density at radius 1 is 1.55 bits per heavy atom. The lowest BCUT2D eigenvalue weighted by molar-refractivity contribution is -0.114. The highest BCUT2D eigenvalue weighted by molar-refractivity contribution is 5.94. The monoisotopic (exact) mass is 155 g/mol. The molecular formula is C9H17NO. The van der Waals surface area contributed by atoms with E-state index in [2.05, 4.69) is 0 Å². The smallest absolute Gasteiger partial charge is 0.248 e. The minimum Gasteiger partial charge on any atom is -0.366 e. The molecule has 0 saturated heterocycles. The fraction of sp³-hybridized carbons (Fsp3) is 0.444. The van der Waals surface area contributed by atoms with Crippen LogP contribution in [0.5, 0.6) is 0 Å². The summed E-state index contributed by atoms with van der Waals surface area (Å²) < 4.78 is 0. The Morgan fingerprint density at radius 3 is 2.45 bits per heavy atom. The number of rotatable bonds is 1. The molecule has 0 aromatic carbocycles. The van der Waals surface area contributed by atoms with E-state index >= 15 is 0 Å². The first-order chi connectivity index (χ1) is 5.30. The predicted molar refractivity (Wildman–Crippen MR) is 49.1 cm³/mol. The van der Waals surface area contributed by atoms with Gasteiger partial charge in [-0.25, -0.2) is 0 Å². The van der Waals surface area contributed by atoms with Gasteiger partial charge in [0.15, 0.2) is 0 Å². The second-order valence-corrected chi connectivity index (χ2v) is 2.00. The molecule has 1 aliphatic carbocycles. The minimum atomic E-state index is -0.328. The molecule has 0 fully saturated rings. The maximum atomic E-state index is 10.5. The summed E-state index contributed by atoms with van der Waals surface area (Å²) >= 11 is 0. The van der Waals surface area contributed by atoms with E-state index in [9.17, 15) is 4.79 Å². The van der Waals surface area contributed by atoms with Gasteiger partial charge in [0.05, 0.1) is 0 Å². The molecule has 0 unspecified atom stereocenters. The van der Waals surface area contributed by atoms with Gasteiger partial charge in [0.1, 0.15) is 0 Å². The van der Waals surface area contributed by atoms with Crippen LogP contribution in [-0.2, 0) is 4.79 Å². The Morgan fingerprint density at radius 2 is 2.18 bits per heavy atom. The zero-order chi connectivity index (χ0) is 8.69. The number of nitrogens with two attached hydrogens (primary N) is 1. The van der Waals surface area contributed by atoms with Gasteiger partial charge in [0, 0.05) is 7.00 Å². The summed E-state index contributed by atoms with van der Waals surface area (Å²) in [6, 6.07) is 0. The Kier molecular flexibility index (Phi) is 5.17. The molecular weight excluding hydrogens is 138 g/mol. The first kappa shape index (κ1) is 9.95. The summed E-state index contributed by atoms with van der Waals surface area (Å²) in [7, 11) is 0. The average molecular weight is 155 g/mol. The van der Waals surface area contributed by atoms with Gasteiger partial charge in [-0.05, 0) is 12.8 Å². The van der Waals surface area contributed by atoms with Gasteiger partial charge in [0.2, 0.25) is 5.91 Å². The summed E-state index contributed by atoms with van der Waals surface area (Å²) in [6.07, 6.45) is 7.56. The topological polar surface area (TPSA) is 43.1 Å². The van der Waals surface area contributed by atoms with E-state index in [0.717, 1.165) is 12.8 Å². The lowest BCUT2D eigenvalue weighted by atomic mass is 10.1. The molecule has 0 radical (unpaired) electrons. The Hall–Kier alpha value is -1.05. The summed E-state index contributed by atoms with van der Waals surface area (Å²) in [4.78, 5) is 10.5. The largest absolute Gasteiger partial charge is 0.366 e. The third-order valence-electron chi connectivity index (χ3n) is 1.28. The molecule has 0 spiro atoms. The molecule has 2 heteroatoms. The number of carbonyl (C=O) groups is 1. The van der Waals surface area contributed by atoms with Gasteiger partial charge in [-0.1, -0.05) is 32.1 Å². The van der Waals surface area contributed by atoms with E-state index in [1.54, 1.807) is 6.08 Å². The van der Waals surface area contributed by atoms with Gasteiger partial charge in [-0.15, -0.1) is 0 Å². The van der Waals surface area contributed by atoms with Crippen LogP contribution >= 0.6 is 0 Å². The SMILES string of the molecule is CC.NC(=O)C1=CCCC=C1.[HH]. The maximum absolute atomic E-state index is 10.5. The summed E-state index contributed by atoms with van der Waals surface area (Å²) in [5.41, 5.74) is 5.65. The number of amides is 1. The molecule has 0 aromatic heterocycles. The van der Waals surface area contributed by atoms with Gasteiger partial charge >= 0.3 is 0 Å². The van der Waals surface area contributed by atoms with Crippen molar-refractivity contribution in [1.29, 1.82) is 0 Å². The quantitative estimate of drug-likeness (QED) is 0.618. The van der Waals surface area contributed by atoms with Gasteiger partial charge in [-0.2, -0.15) is 0 Å². The van der Waals surface area contributed by atoms with Crippen molar-refractivity contribution in [1.82, 2.24) is 0 Å². The molecule has 0 aliphatic heterocycles. The molecule has 1 aliphatic rings. The van der Waals surface area contributed by atoms with Crippen molar-refractivity contribution >= 4 is 5.91 Å². The zero-order valence-electron chi connectivity index (χ0n) is 7.13. The molecule has 64 valence electrons. The average Bonchev–Trinajstić information content (AvgIpc) is 2.10. The summed E-state index contributed by atoms with van der Waals surface area (Å²) in [5.74, 6) is -0.328. The lowest BCUT2D eigenvalue weighted by Gasteiger charge is -1.99. The van der Waals surface area contributed by atoms with E-state index in [4.69, 9.17) is 5.73 Å². The first-order valence-electron chi connectivity index (χ1n) is 3.97. The highest BCUT2D eigenvalue weighted by Gasteiger charge is 2.01. The predicted octanol–water partition coefficient (Wildman–Crippen LogP) is 2.02. The van der Waals surface area contributed by atoms with Crippen molar-refractivity contribution in [2.45, 2.75) is 26.7 Å². The molecule has 1 amide bonds. The van der Waals surface area contributed by atoms with E-state index < -0.39 is 0 Å². The van der Waals surface area contributed by atoms with E-state index in [1.165, 1.54) is 0 Å². The van der Waals surface area contributed by atoms with E-state index in [0.29, 0.717) is 5.57 Å². The van der Waals surface area contributed by atoms with Crippen LogP contribution in [0, 0.1) is 0 Å². The van der Waals surface area contributed by atoms with Crippen molar-refractivity contribution < 1.29 is 6.22 Å². The summed E-state index contributed by atoms with van der Waals surface area (Å²) in [6.45, 7) is 4.00. The molecule has 0 bridgehead atoms. The third kappa shape index (κ3) is 3.61. The van der Waals surface area contributed by atoms with Crippen molar-refractivity contribution in [2.24, 2.45) is 5.73 Å². The minimum absolute atomic E-state index is 0. The fourth-order valence-corrected chi connectivity index (χ4v) is 0.796. The Bertz CT molecular complexity index is 185. The Labute approximate surface area is 69.3 Å². The molecule has 0 saturated carbocycles. The van der Waals surface area contributed by atoms with Crippen molar-refractivity contribution in [3.05, 3.63) is 23.8 Å². The van der Waals surface area contributed by atoms with E-state index in [1.807, 2.05) is 26.0 Å².